The summed E-state index contributed by atoms with van der Waals surface area (Å²) in [5.74, 6) is -0.208. The van der Waals surface area contributed by atoms with Crippen LogP contribution >= 0.6 is 0 Å². The fourth-order valence-electron chi connectivity index (χ4n) is 1.58. The van der Waals surface area contributed by atoms with Crippen LogP contribution in [-0.4, -0.2) is 30.1 Å². The number of carbonyl (C=O) groups is 1. The van der Waals surface area contributed by atoms with E-state index in [-0.39, 0.29) is 23.3 Å². The molecule has 1 atom stereocenters. The fraction of sp³-hybridized carbons (Fsp3) is 0.625. The van der Waals surface area contributed by atoms with E-state index in [0.29, 0.717) is 12.8 Å². The zero-order valence-electron chi connectivity index (χ0n) is 8.13. The van der Waals surface area contributed by atoms with Crippen LogP contribution in [0.3, 0.4) is 0 Å². The highest BCUT2D eigenvalue weighted by Crippen LogP contribution is 2.33. The molecule has 1 aromatic heterocycles. The quantitative estimate of drug-likeness (QED) is 0.688. The van der Waals surface area contributed by atoms with Crippen molar-refractivity contribution in [1.82, 2.24) is 10.1 Å². The van der Waals surface area contributed by atoms with E-state index in [9.17, 15) is 13.2 Å². The number of nitrogens with zero attached hydrogens (tertiary/aromatic N) is 2. The SMILES string of the molecule is CC(=O)c1noc(C2CCCS2(=O)=O)n1. The summed E-state index contributed by atoms with van der Waals surface area (Å²) in [4.78, 5) is 14.7. The van der Waals surface area contributed by atoms with Crippen molar-refractivity contribution in [3.8, 4) is 0 Å². The largest absolute Gasteiger partial charge is 0.337 e. The van der Waals surface area contributed by atoms with Gasteiger partial charge in [0.15, 0.2) is 9.84 Å². The number of carbonyl (C=O) groups excluding carboxylic acids is 1. The van der Waals surface area contributed by atoms with Crippen molar-refractivity contribution >= 4 is 15.6 Å². The second-order valence-electron chi connectivity index (χ2n) is 3.51. The van der Waals surface area contributed by atoms with Crippen LogP contribution in [0.25, 0.3) is 0 Å². The smallest absolute Gasteiger partial charge is 0.245 e. The molecule has 1 unspecified atom stereocenters. The number of rotatable bonds is 2. The van der Waals surface area contributed by atoms with Gasteiger partial charge in [0.05, 0.1) is 5.75 Å². The van der Waals surface area contributed by atoms with Crippen molar-refractivity contribution in [3.63, 3.8) is 0 Å². The minimum absolute atomic E-state index is 0.0395. The van der Waals surface area contributed by atoms with Crippen molar-refractivity contribution in [1.29, 1.82) is 0 Å². The summed E-state index contributed by atoms with van der Waals surface area (Å²) < 4.78 is 27.8. The third kappa shape index (κ3) is 1.79. The molecule has 0 amide bonds. The first-order valence-electron chi connectivity index (χ1n) is 4.57. The zero-order valence-corrected chi connectivity index (χ0v) is 8.95. The minimum atomic E-state index is -3.16. The fourth-order valence-corrected chi connectivity index (χ4v) is 3.36. The normalized spacial score (nSPS) is 24.2. The van der Waals surface area contributed by atoms with Gasteiger partial charge < -0.3 is 4.52 Å². The summed E-state index contributed by atoms with van der Waals surface area (Å²) in [6.45, 7) is 1.30. The minimum Gasteiger partial charge on any atom is -0.337 e. The molecule has 0 aromatic carbocycles. The Morgan fingerprint density at radius 3 is 2.73 bits per heavy atom. The van der Waals surface area contributed by atoms with Gasteiger partial charge >= 0.3 is 0 Å². The summed E-state index contributed by atoms with van der Waals surface area (Å²) in [6.07, 6.45) is 1.09. The topological polar surface area (TPSA) is 90.1 Å². The first kappa shape index (κ1) is 10.3. The molecule has 2 rings (SSSR count). The Kier molecular flexibility index (Phi) is 2.34. The van der Waals surface area contributed by atoms with Gasteiger partial charge in [-0.25, -0.2) is 8.42 Å². The molecule has 0 N–H and O–H groups in total. The van der Waals surface area contributed by atoms with Gasteiger partial charge in [-0.2, -0.15) is 4.98 Å². The Balaban J connectivity index is 2.34. The Hall–Kier alpha value is -1.24. The number of hydrogen-bond acceptors (Lipinski definition) is 6. The molecule has 2 heterocycles. The van der Waals surface area contributed by atoms with Gasteiger partial charge in [-0.3, -0.25) is 4.79 Å². The van der Waals surface area contributed by atoms with Crippen LogP contribution in [-0.2, 0) is 9.84 Å². The Morgan fingerprint density at radius 1 is 1.53 bits per heavy atom. The van der Waals surface area contributed by atoms with Gasteiger partial charge in [0.2, 0.25) is 17.5 Å². The molecule has 1 fully saturated rings. The maximum atomic E-state index is 11.5. The van der Waals surface area contributed by atoms with E-state index in [1.807, 2.05) is 0 Å². The number of aromatic nitrogens is 2. The van der Waals surface area contributed by atoms with Crippen molar-refractivity contribution in [3.05, 3.63) is 11.7 Å². The Bertz CT molecular complexity index is 490. The molecule has 0 aliphatic carbocycles. The second-order valence-corrected chi connectivity index (χ2v) is 5.81. The number of ketones is 1. The first-order chi connectivity index (χ1) is 7.00. The highest BCUT2D eigenvalue weighted by atomic mass is 32.2. The molecule has 1 aliphatic rings. The molecule has 1 saturated heterocycles. The van der Waals surface area contributed by atoms with Crippen molar-refractivity contribution in [2.75, 3.05) is 5.75 Å². The summed E-state index contributed by atoms with van der Waals surface area (Å²) >= 11 is 0. The number of sulfone groups is 1. The predicted molar refractivity (Wildman–Crippen MR) is 50.1 cm³/mol. The van der Waals surface area contributed by atoms with Crippen LogP contribution in [0.4, 0.5) is 0 Å². The van der Waals surface area contributed by atoms with Crippen LogP contribution in [0.15, 0.2) is 4.52 Å². The summed E-state index contributed by atoms with van der Waals surface area (Å²) in [7, 11) is -3.16. The lowest BCUT2D eigenvalue weighted by atomic mass is 10.2. The number of Topliss-reactive ketones (excluding diaryl/α,β-unsaturated/α-hetero) is 1. The Morgan fingerprint density at radius 2 is 2.27 bits per heavy atom. The molecule has 0 spiro atoms. The molecule has 1 aliphatic heterocycles. The van der Waals surface area contributed by atoms with E-state index in [0.717, 1.165) is 0 Å². The second kappa shape index (κ2) is 3.41. The molecular formula is C8H10N2O4S. The highest BCUT2D eigenvalue weighted by molar-refractivity contribution is 7.91. The maximum Gasteiger partial charge on any atom is 0.245 e. The number of hydrogen-bond donors (Lipinski definition) is 0. The molecule has 0 bridgehead atoms. The lowest BCUT2D eigenvalue weighted by Crippen LogP contribution is -2.08. The maximum absolute atomic E-state index is 11.5. The molecule has 0 saturated carbocycles. The Labute approximate surface area is 86.6 Å². The van der Waals surface area contributed by atoms with Crippen LogP contribution in [0, 0.1) is 0 Å². The third-order valence-corrected chi connectivity index (χ3v) is 4.52. The molecule has 6 nitrogen and oxygen atoms in total. The zero-order chi connectivity index (χ0) is 11.1. The predicted octanol–water partition coefficient (Wildman–Crippen LogP) is 0.522. The van der Waals surface area contributed by atoms with Crippen LogP contribution in [0.1, 0.15) is 41.5 Å². The molecule has 7 heteroatoms. The van der Waals surface area contributed by atoms with E-state index in [4.69, 9.17) is 4.52 Å². The van der Waals surface area contributed by atoms with Gasteiger partial charge in [-0.05, 0) is 12.8 Å². The van der Waals surface area contributed by atoms with Crippen LogP contribution in [0.5, 0.6) is 0 Å². The summed E-state index contributed by atoms with van der Waals surface area (Å²) in [6, 6.07) is 0. The van der Waals surface area contributed by atoms with E-state index < -0.39 is 15.1 Å². The van der Waals surface area contributed by atoms with Gasteiger partial charge in [0.25, 0.3) is 0 Å². The molecule has 82 valence electrons. The van der Waals surface area contributed by atoms with Crippen LogP contribution in [0.2, 0.25) is 0 Å². The van der Waals surface area contributed by atoms with Crippen molar-refractivity contribution in [2.24, 2.45) is 0 Å². The molecule has 0 radical (unpaired) electrons. The van der Waals surface area contributed by atoms with Gasteiger partial charge in [0.1, 0.15) is 5.25 Å². The van der Waals surface area contributed by atoms with E-state index >= 15 is 0 Å². The molecule has 1 aromatic rings. The summed E-state index contributed by atoms with van der Waals surface area (Å²) in [5, 5.41) is 2.70. The monoisotopic (exact) mass is 230 g/mol. The van der Waals surface area contributed by atoms with Crippen molar-refractivity contribution < 1.29 is 17.7 Å². The highest BCUT2D eigenvalue weighted by Gasteiger charge is 2.37. The van der Waals surface area contributed by atoms with Gasteiger partial charge in [0, 0.05) is 6.92 Å². The van der Waals surface area contributed by atoms with E-state index in [2.05, 4.69) is 10.1 Å². The van der Waals surface area contributed by atoms with Gasteiger partial charge in [-0.15, -0.1) is 0 Å². The van der Waals surface area contributed by atoms with E-state index in [1.165, 1.54) is 6.92 Å². The van der Waals surface area contributed by atoms with Gasteiger partial charge in [-0.1, -0.05) is 5.16 Å². The molecule has 15 heavy (non-hydrogen) atoms. The third-order valence-electron chi connectivity index (χ3n) is 2.36. The van der Waals surface area contributed by atoms with E-state index in [1.54, 1.807) is 0 Å². The lowest BCUT2D eigenvalue weighted by Gasteiger charge is -2.00. The van der Waals surface area contributed by atoms with Crippen LogP contribution < -0.4 is 0 Å². The molecular weight excluding hydrogens is 220 g/mol. The van der Waals surface area contributed by atoms with Crippen molar-refractivity contribution in [2.45, 2.75) is 25.0 Å². The standard InChI is InChI=1S/C8H10N2O4S/c1-5(11)7-9-8(14-10-7)6-3-2-4-15(6,12)13/h6H,2-4H2,1H3. The average Bonchev–Trinajstić information content (AvgIpc) is 2.69. The summed E-state index contributed by atoms with van der Waals surface area (Å²) in [5.41, 5.74) is 0. The first-order valence-corrected chi connectivity index (χ1v) is 6.28. The average molecular weight is 230 g/mol. The lowest BCUT2D eigenvalue weighted by molar-refractivity contribution is 0.100.